The first-order chi connectivity index (χ1) is 7.29. The molecule has 1 fully saturated rings. The molecule has 0 spiro atoms. The first-order valence-corrected chi connectivity index (χ1v) is 5.79. The van der Waals surface area contributed by atoms with Crippen molar-refractivity contribution >= 4 is 5.78 Å². The number of allylic oxidation sites excluding steroid dienone is 5. The first-order valence-electron chi connectivity index (χ1n) is 5.79. The molecule has 0 unspecified atom stereocenters. The summed E-state index contributed by atoms with van der Waals surface area (Å²) in [4.78, 5) is 12.1. The minimum atomic E-state index is 0.263. The van der Waals surface area contributed by atoms with Gasteiger partial charge in [-0.15, -0.1) is 0 Å². The maximum Gasteiger partial charge on any atom is 0.165 e. The lowest BCUT2D eigenvalue weighted by molar-refractivity contribution is -0.119. The molecule has 0 aliphatic heterocycles. The predicted molar refractivity (Wildman–Crippen MR) is 64.7 cm³/mol. The Morgan fingerprint density at radius 1 is 1.27 bits per heavy atom. The van der Waals surface area contributed by atoms with Crippen LogP contribution in [0, 0.1) is 5.92 Å². The van der Waals surface area contributed by atoms with E-state index in [0.717, 1.165) is 18.4 Å². The van der Waals surface area contributed by atoms with Crippen LogP contribution in [0.2, 0.25) is 0 Å². The molecule has 1 rings (SSSR count). The van der Waals surface area contributed by atoms with E-state index < -0.39 is 0 Å². The molecule has 0 aromatic heterocycles. The van der Waals surface area contributed by atoms with Crippen LogP contribution in [0.3, 0.4) is 0 Å². The van der Waals surface area contributed by atoms with Crippen LogP contribution in [0.15, 0.2) is 36.5 Å². The number of ketones is 1. The molecule has 0 saturated heterocycles. The molecule has 0 amide bonds. The first kappa shape index (κ1) is 12.0. The number of carbonyl (C=O) groups excluding carboxylic acids is 1. The highest BCUT2D eigenvalue weighted by Crippen LogP contribution is 2.26. The Balaban J connectivity index is 2.63. The average molecular weight is 204 g/mol. The van der Waals surface area contributed by atoms with Crippen molar-refractivity contribution in [3.8, 4) is 0 Å². The van der Waals surface area contributed by atoms with Gasteiger partial charge < -0.3 is 0 Å². The molecule has 0 radical (unpaired) electrons. The lowest BCUT2D eigenvalue weighted by Crippen LogP contribution is -2.18. The van der Waals surface area contributed by atoms with Gasteiger partial charge in [-0.3, -0.25) is 4.79 Å². The third kappa shape index (κ3) is 3.50. The predicted octanol–water partition coefficient (Wildman–Crippen LogP) is 3.82. The van der Waals surface area contributed by atoms with E-state index >= 15 is 0 Å². The Hall–Kier alpha value is -1.11. The monoisotopic (exact) mass is 204 g/mol. The molecule has 1 heteroatoms. The lowest BCUT2D eigenvalue weighted by atomic mass is 9.83. The van der Waals surface area contributed by atoms with Crippen molar-refractivity contribution in [2.45, 2.75) is 39.0 Å². The Morgan fingerprint density at radius 3 is 2.47 bits per heavy atom. The molecule has 15 heavy (non-hydrogen) atoms. The topological polar surface area (TPSA) is 17.1 Å². The van der Waals surface area contributed by atoms with Gasteiger partial charge in [0.1, 0.15) is 0 Å². The van der Waals surface area contributed by atoms with Crippen molar-refractivity contribution in [1.29, 1.82) is 0 Å². The SMILES string of the molecule is C=C/C=C\C(=C/C)C(=O)C1CCCCC1. The molecule has 1 aliphatic rings. The number of hydrogen-bond donors (Lipinski definition) is 0. The third-order valence-electron chi connectivity index (χ3n) is 2.98. The summed E-state index contributed by atoms with van der Waals surface area (Å²) in [7, 11) is 0. The van der Waals surface area contributed by atoms with Crippen LogP contribution in [-0.4, -0.2) is 5.78 Å². The van der Waals surface area contributed by atoms with E-state index in [9.17, 15) is 4.79 Å². The molecule has 0 atom stereocenters. The average Bonchev–Trinajstić information content (AvgIpc) is 2.31. The minimum Gasteiger partial charge on any atom is -0.294 e. The normalized spacial score (nSPS) is 19.4. The van der Waals surface area contributed by atoms with E-state index in [1.165, 1.54) is 19.3 Å². The van der Waals surface area contributed by atoms with Crippen LogP contribution < -0.4 is 0 Å². The number of carbonyl (C=O) groups is 1. The number of rotatable bonds is 4. The van der Waals surface area contributed by atoms with Crippen molar-refractivity contribution in [1.82, 2.24) is 0 Å². The molecule has 0 heterocycles. The quantitative estimate of drug-likeness (QED) is 0.502. The smallest absolute Gasteiger partial charge is 0.165 e. The summed E-state index contributed by atoms with van der Waals surface area (Å²) in [6, 6.07) is 0. The summed E-state index contributed by atoms with van der Waals surface area (Å²) >= 11 is 0. The molecule has 1 saturated carbocycles. The Kier molecular flexibility index (Phi) is 5.09. The van der Waals surface area contributed by atoms with Crippen LogP contribution in [0.4, 0.5) is 0 Å². The second-order valence-electron chi connectivity index (χ2n) is 4.04. The van der Waals surface area contributed by atoms with Gasteiger partial charge in [0.05, 0.1) is 0 Å². The van der Waals surface area contributed by atoms with Crippen LogP contribution in [0.25, 0.3) is 0 Å². The van der Waals surface area contributed by atoms with E-state index in [0.29, 0.717) is 5.78 Å². The number of hydrogen-bond acceptors (Lipinski definition) is 1. The fourth-order valence-corrected chi connectivity index (χ4v) is 2.09. The van der Waals surface area contributed by atoms with Crippen molar-refractivity contribution in [3.05, 3.63) is 36.5 Å². The van der Waals surface area contributed by atoms with Gasteiger partial charge in [-0.05, 0) is 19.8 Å². The van der Waals surface area contributed by atoms with Crippen LogP contribution >= 0.6 is 0 Å². The van der Waals surface area contributed by atoms with E-state index in [4.69, 9.17) is 0 Å². The maximum atomic E-state index is 12.1. The highest BCUT2D eigenvalue weighted by Gasteiger charge is 2.22. The fourth-order valence-electron chi connectivity index (χ4n) is 2.09. The summed E-state index contributed by atoms with van der Waals surface area (Å²) < 4.78 is 0. The second-order valence-corrected chi connectivity index (χ2v) is 4.04. The summed E-state index contributed by atoms with van der Waals surface area (Å²) in [6.45, 7) is 5.53. The second kappa shape index (κ2) is 6.39. The van der Waals surface area contributed by atoms with Gasteiger partial charge >= 0.3 is 0 Å². The highest BCUT2D eigenvalue weighted by molar-refractivity contribution is 5.99. The van der Waals surface area contributed by atoms with Crippen molar-refractivity contribution in [2.24, 2.45) is 5.92 Å². The Morgan fingerprint density at radius 2 is 1.93 bits per heavy atom. The van der Waals surface area contributed by atoms with Gasteiger partial charge in [-0.1, -0.05) is 50.1 Å². The maximum absolute atomic E-state index is 12.1. The summed E-state index contributed by atoms with van der Waals surface area (Å²) in [5.41, 5.74) is 0.835. The molecule has 1 aliphatic carbocycles. The molecular formula is C14H20O. The van der Waals surface area contributed by atoms with E-state index in [1.807, 2.05) is 25.2 Å². The molecule has 82 valence electrons. The zero-order valence-corrected chi connectivity index (χ0v) is 9.54. The molecule has 1 nitrogen and oxygen atoms in total. The zero-order valence-electron chi connectivity index (χ0n) is 9.54. The number of Topliss-reactive ketones (excluding diaryl/α,β-unsaturated/α-hetero) is 1. The van der Waals surface area contributed by atoms with Gasteiger partial charge in [-0.2, -0.15) is 0 Å². The summed E-state index contributed by atoms with van der Waals surface area (Å²) in [6.07, 6.45) is 13.1. The van der Waals surface area contributed by atoms with E-state index in [-0.39, 0.29) is 5.92 Å². The van der Waals surface area contributed by atoms with Crippen LogP contribution in [0.5, 0.6) is 0 Å². The Labute approximate surface area is 92.6 Å². The van der Waals surface area contributed by atoms with Gasteiger partial charge in [0, 0.05) is 11.5 Å². The molecule has 0 aromatic carbocycles. The van der Waals surface area contributed by atoms with Crippen molar-refractivity contribution in [2.75, 3.05) is 0 Å². The van der Waals surface area contributed by atoms with E-state index in [1.54, 1.807) is 6.08 Å². The van der Waals surface area contributed by atoms with Crippen LogP contribution in [-0.2, 0) is 4.79 Å². The van der Waals surface area contributed by atoms with Gasteiger partial charge in [0.25, 0.3) is 0 Å². The largest absolute Gasteiger partial charge is 0.294 e. The lowest BCUT2D eigenvalue weighted by Gasteiger charge is -2.20. The van der Waals surface area contributed by atoms with Gasteiger partial charge in [-0.25, -0.2) is 0 Å². The zero-order chi connectivity index (χ0) is 11.1. The molecule has 0 aromatic rings. The van der Waals surface area contributed by atoms with E-state index in [2.05, 4.69) is 6.58 Å². The summed E-state index contributed by atoms with van der Waals surface area (Å²) in [5, 5.41) is 0. The molecule has 0 bridgehead atoms. The van der Waals surface area contributed by atoms with Crippen molar-refractivity contribution in [3.63, 3.8) is 0 Å². The summed E-state index contributed by atoms with van der Waals surface area (Å²) in [5.74, 6) is 0.578. The minimum absolute atomic E-state index is 0.263. The molecular weight excluding hydrogens is 184 g/mol. The fraction of sp³-hybridized carbons (Fsp3) is 0.500. The van der Waals surface area contributed by atoms with Crippen molar-refractivity contribution < 1.29 is 4.79 Å². The third-order valence-corrected chi connectivity index (χ3v) is 2.98. The molecule has 0 N–H and O–H groups in total. The highest BCUT2D eigenvalue weighted by atomic mass is 16.1. The van der Waals surface area contributed by atoms with Gasteiger partial charge in [0.2, 0.25) is 0 Å². The Bertz CT molecular complexity index is 278. The standard InChI is InChI=1S/C14H20O/c1-3-5-9-12(4-2)14(15)13-10-7-6-8-11-13/h3-5,9,13H,1,6-8,10-11H2,2H3/b9-5-,12-4+. The van der Waals surface area contributed by atoms with Gasteiger partial charge in [0.15, 0.2) is 5.78 Å². The van der Waals surface area contributed by atoms with Crippen LogP contribution in [0.1, 0.15) is 39.0 Å².